The van der Waals surface area contributed by atoms with Crippen LogP contribution < -0.4 is 5.69 Å². The largest absolute Gasteiger partial charge is 0.329 e. The molecule has 0 aliphatic carbocycles. The number of halogens is 1. The average Bonchev–Trinajstić information content (AvgIpc) is 3.55. The van der Waals surface area contributed by atoms with E-state index in [1.807, 2.05) is 73.1 Å². The minimum atomic E-state index is -0.0978. The van der Waals surface area contributed by atoms with E-state index in [-0.39, 0.29) is 11.7 Å². The Labute approximate surface area is 207 Å². The topological polar surface area (TPSA) is 94.3 Å². The predicted octanol–water partition coefficient (Wildman–Crippen LogP) is 4.98. The summed E-state index contributed by atoms with van der Waals surface area (Å²) in [7, 11) is 0. The molecule has 1 atom stereocenters. The average molecular weight is 486 g/mol. The molecule has 1 unspecified atom stereocenters. The number of imidazole rings is 1. The second kappa shape index (κ2) is 10.1. The van der Waals surface area contributed by atoms with E-state index in [0.29, 0.717) is 23.1 Å². The molecule has 5 rings (SSSR count). The third-order valence-electron chi connectivity index (χ3n) is 6.03. The van der Waals surface area contributed by atoms with Gasteiger partial charge in [0, 0.05) is 29.2 Å². The van der Waals surface area contributed by atoms with E-state index in [9.17, 15) is 4.79 Å². The molecule has 0 radical (unpaired) electrons. The number of aromatic nitrogens is 7. The van der Waals surface area contributed by atoms with E-state index < -0.39 is 0 Å². The first-order valence-electron chi connectivity index (χ1n) is 11.5. The number of tetrazole rings is 1. The smallest absolute Gasteiger partial charge is 0.295 e. The third kappa shape index (κ3) is 4.65. The molecule has 0 fully saturated rings. The minimum Gasteiger partial charge on any atom is -0.295 e. The Balaban J connectivity index is 1.40. The Kier molecular flexibility index (Phi) is 6.54. The first kappa shape index (κ1) is 22.7. The summed E-state index contributed by atoms with van der Waals surface area (Å²) in [6.45, 7) is 2.58. The van der Waals surface area contributed by atoms with Crippen molar-refractivity contribution in [3.05, 3.63) is 106 Å². The summed E-state index contributed by atoms with van der Waals surface area (Å²) in [6.07, 6.45) is 7.17. The van der Waals surface area contributed by atoms with Gasteiger partial charge in [-0.05, 0) is 45.7 Å². The fourth-order valence-corrected chi connectivity index (χ4v) is 4.58. The maximum Gasteiger partial charge on any atom is 0.329 e. The third-order valence-corrected chi connectivity index (χ3v) is 6.38. The van der Waals surface area contributed by atoms with E-state index in [4.69, 9.17) is 11.6 Å². The molecule has 0 aliphatic rings. The van der Waals surface area contributed by atoms with Crippen molar-refractivity contribution < 1.29 is 0 Å². The first-order valence-corrected chi connectivity index (χ1v) is 11.8. The van der Waals surface area contributed by atoms with Gasteiger partial charge in [-0.25, -0.2) is 9.89 Å². The van der Waals surface area contributed by atoms with Crippen molar-refractivity contribution in [3.63, 3.8) is 0 Å². The molecular weight excluding hydrogens is 462 g/mol. The Hall–Kier alpha value is -4.04. The first-order chi connectivity index (χ1) is 17.2. The molecule has 5 aromatic rings. The van der Waals surface area contributed by atoms with Crippen LogP contribution in [-0.4, -0.2) is 34.7 Å². The lowest BCUT2D eigenvalue weighted by Gasteiger charge is -2.19. The van der Waals surface area contributed by atoms with Gasteiger partial charge in [-0.15, -0.1) is 5.10 Å². The zero-order chi connectivity index (χ0) is 24.2. The molecule has 3 heterocycles. The monoisotopic (exact) mass is 485 g/mol. The van der Waals surface area contributed by atoms with Crippen LogP contribution >= 0.6 is 11.6 Å². The number of aromatic amines is 1. The van der Waals surface area contributed by atoms with Crippen LogP contribution in [0.3, 0.4) is 0 Å². The zero-order valence-electron chi connectivity index (χ0n) is 19.2. The van der Waals surface area contributed by atoms with Crippen molar-refractivity contribution in [2.45, 2.75) is 32.4 Å². The molecule has 9 heteroatoms. The summed E-state index contributed by atoms with van der Waals surface area (Å²) in [5.74, 6) is 0.512. The van der Waals surface area contributed by atoms with Gasteiger partial charge in [-0.1, -0.05) is 73.5 Å². The highest BCUT2D eigenvalue weighted by Gasteiger charge is 2.19. The Morgan fingerprint density at radius 1 is 1.03 bits per heavy atom. The molecule has 2 aromatic carbocycles. The van der Waals surface area contributed by atoms with Crippen LogP contribution in [0.4, 0.5) is 0 Å². The second-order valence-electron chi connectivity index (χ2n) is 8.29. The molecule has 0 saturated heterocycles. The van der Waals surface area contributed by atoms with Crippen LogP contribution in [0.2, 0.25) is 5.02 Å². The van der Waals surface area contributed by atoms with Crippen LogP contribution in [0, 0.1) is 0 Å². The molecule has 176 valence electrons. The molecule has 8 nitrogen and oxygen atoms in total. The predicted molar refractivity (Wildman–Crippen MR) is 135 cm³/mol. The van der Waals surface area contributed by atoms with Crippen LogP contribution in [0.5, 0.6) is 0 Å². The van der Waals surface area contributed by atoms with Gasteiger partial charge in [-0.3, -0.25) is 14.1 Å². The fraction of sp³-hybridized carbons (Fsp3) is 0.192. The van der Waals surface area contributed by atoms with E-state index in [2.05, 4.69) is 32.5 Å². The van der Waals surface area contributed by atoms with Gasteiger partial charge in [0.1, 0.15) is 5.69 Å². The summed E-state index contributed by atoms with van der Waals surface area (Å²) in [6, 6.07) is 19.6. The number of hydrogen-bond acceptors (Lipinski definition) is 5. The van der Waals surface area contributed by atoms with Crippen molar-refractivity contribution in [3.8, 4) is 22.6 Å². The molecular formula is C26H24ClN7O. The summed E-state index contributed by atoms with van der Waals surface area (Å²) >= 11 is 6.46. The standard InChI is InChI=1S/C26H24ClN7O/c1-2-6-23(21-7-3-4-9-22(21)27)34-16-15-33(26(34)35)17-18-10-12-19(13-11-18)20-8-5-14-28-24(20)25-29-31-32-30-25/h3-5,7-16,23H,2,6,17H2,1H3,(H,29,30,31,32). The Morgan fingerprint density at radius 3 is 2.60 bits per heavy atom. The molecule has 0 spiro atoms. The van der Waals surface area contributed by atoms with Crippen molar-refractivity contribution >= 4 is 11.6 Å². The Bertz CT molecular complexity index is 1470. The van der Waals surface area contributed by atoms with Gasteiger partial charge < -0.3 is 0 Å². The summed E-state index contributed by atoms with van der Waals surface area (Å²) in [4.78, 5) is 17.7. The van der Waals surface area contributed by atoms with Crippen molar-refractivity contribution in [2.75, 3.05) is 0 Å². The summed E-state index contributed by atoms with van der Waals surface area (Å²) in [5, 5.41) is 14.7. The maximum absolute atomic E-state index is 13.3. The number of benzene rings is 2. The van der Waals surface area contributed by atoms with Crippen LogP contribution in [0.1, 0.15) is 36.9 Å². The van der Waals surface area contributed by atoms with Gasteiger partial charge >= 0.3 is 5.69 Å². The number of hydrogen-bond donors (Lipinski definition) is 1. The maximum atomic E-state index is 13.3. The lowest BCUT2D eigenvalue weighted by molar-refractivity contribution is 0.509. The fourth-order valence-electron chi connectivity index (χ4n) is 4.32. The molecule has 0 bridgehead atoms. The van der Waals surface area contributed by atoms with Crippen molar-refractivity contribution in [2.24, 2.45) is 0 Å². The molecule has 0 aliphatic heterocycles. The van der Waals surface area contributed by atoms with Gasteiger partial charge in [-0.2, -0.15) is 0 Å². The normalized spacial score (nSPS) is 12.1. The highest BCUT2D eigenvalue weighted by Crippen LogP contribution is 2.29. The quantitative estimate of drug-likeness (QED) is 0.334. The Morgan fingerprint density at radius 2 is 1.86 bits per heavy atom. The van der Waals surface area contributed by atoms with E-state index in [0.717, 1.165) is 35.1 Å². The summed E-state index contributed by atoms with van der Waals surface area (Å²) < 4.78 is 3.51. The van der Waals surface area contributed by atoms with Crippen molar-refractivity contribution in [1.82, 2.24) is 34.7 Å². The molecule has 3 aromatic heterocycles. The van der Waals surface area contributed by atoms with Crippen LogP contribution in [0.25, 0.3) is 22.6 Å². The van der Waals surface area contributed by atoms with Crippen LogP contribution in [0.15, 0.2) is 84.0 Å². The van der Waals surface area contributed by atoms with Crippen molar-refractivity contribution in [1.29, 1.82) is 0 Å². The number of rotatable bonds is 8. The number of H-pyrrole nitrogens is 1. The molecule has 1 N–H and O–H groups in total. The van der Waals surface area contributed by atoms with Gasteiger partial charge in [0.05, 0.1) is 12.6 Å². The highest BCUT2D eigenvalue weighted by atomic mass is 35.5. The van der Waals surface area contributed by atoms with E-state index >= 15 is 0 Å². The highest BCUT2D eigenvalue weighted by molar-refractivity contribution is 6.31. The lowest BCUT2D eigenvalue weighted by Crippen LogP contribution is -2.28. The number of nitrogens with one attached hydrogen (secondary N) is 1. The van der Waals surface area contributed by atoms with Gasteiger partial charge in [0.15, 0.2) is 5.82 Å². The number of pyridine rings is 1. The van der Waals surface area contributed by atoms with Crippen LogP contribution in [-0.2, 0) is 6.54 Å². The second-order valence-corrected chi connectivity index (χ2v) is 8.70. The van der Waals surface area contributed by atoms with Gasteiger partial charge in [0.25, 0.3) is 0 Å². The minimum absolute atomic E-state index is 0.0557. The van der Waals surface area contributed by atoms with Gasteiger partial charge in [0.2, 0.25) is 0 Å². The zero-order valence-corrected chi connectivity index (χ0v) is 19.9. The molecule has 35 heavy (non-hydrogen) atoms. The summed E-state index contributed by atoms with van der Waals surface area (Å²) in [5.41, 5.74) is 4.52. The molecule has 0 amide bonds. The molecule has 0 saturated carbocycles. The lowest BCUT2D eigenvalue weighted by atomic mass is 10.0. The van der Waals surface area contributed by atoms with E-state index in [1.54, 1.807) is 15.3 Å². The number of nitrogens with zero attached hydrogens (tertiary/aromatic N) is 6. The van der Waals surface area contributed by atoms with E-state index in [1.165, 1.54) is 0 Å². The SMILES string of the molecule is CCCC(c1ccccc1Cl)n1ccn(Cc2ccc(-c3cccnc3-c3nnn[nH]3)cc2)c1=O.